The fraction of sp³-hybridized carbons (Fsp3) is 0.250. The van der Waals surface area contributed by atoms with Crippen molar-refractivity contribution >= 4 is 0 Å². The Bertz CT molecular complexity index is 698. The van der Waals surface area contributed by atoms with E-state index in [0.717, 1.165) is 23.6 Å². The molecule has 0 radical (unpaired) electrons. The van der Waals surface area contributed by atoms with Gasteiger partial charge in [-0.15, -0.1) is 0 Å². The van der Waals surface area contributed by atoms with Gasteiger partial charge in [0, 0.05) is 32.1 Å². The van der Waals surface area contributed by atoms with Crippen LogP contribution in [0.1, 0.15) is 17.6 Å². The summed E-state index contributed by atoms with van der Waals surface area (Å²) in [5.74, 6) is 1.05. The number of para-hydroxylation sites is 1. The molecule has 0 saturated carbocycles. The van der Waals surface area contributed by atoms with E-state index in [1.807, 2.05) is 72.3 Å². The van der Waals surface area contributed by atoms with Gasteiger partial charge < -0.3 is 9.88 Å². The van der Waals surface area contributed by atoms with Crippen molar-refractivity contribution < 1.29 is 0 Å². The van der Waals surface area contributed by atoms with Crippen molar-refractivity contribution in [3.05, 3.63) is 66.5 Å². The monoisotopic (exact) mass is 281 g/mol. The highest BCUT2D eigenvalue weighted by atomic mass is 15.3. The fourth-order valence-corrected chi connectivity index (χ4v) is 2.38. The van der Waals surface area contributed by atoms with Gasteiger partial charge in [0.25, 0.3) is 0 Å². The Morgan fingerprint density at radius 1 is 1.14 bits per heavy atom. The van der Waals surface area contributed by atoms with Crippen LogP contribution in [0.2, 0.25) is 0 Å². The number of nitrogens with one attached hydrogen (secondary N) is 1. The summed E-state index contributed by atoms with van der Waals surface area (Å²) < 4.78 is 3.94. The van der Waals surface area contributed by atoms with Gasteiger partial charge in [-0.05, 0) is 25.2 Å². The number of nitrogens with zero attached hydrogens (tertiary/aromatic N) is 4. The van der Waals surface area contributed by atoms with E-state index in [9.17, 15) is 0 Å². The zero-order valence-corrected chi connectivity index (χ0v) is 12.3. The number of rotatable bonds is 5. The quantitative estimate of drug-likeness (QED) is 0.779. The van der Waals surface area contributed by atoms with Crippen LogP contribution in [0, 0.1) is 0 Å². The largest absolute Gasteiger partial charge is 0.338 e. The second-order valence-corrected chi connectivity index (χ2v) is 5.02. The molecule has 0 amide bonds. The maximum absolute atomic E-state index is 4.68. The summed E-state index contributed by atoms with van der Waals surface area (Å²) in [6.45, 7) is 0. The van der Waals surface area contributed by atoms with Crippen LogP contribution >= 0.6 is 0 Å². The maximum atomic E-state index is 4.68. The molecular formula is C16H19N5. The Kier molecular flexibility index (Phi) is 3.83. The van der Waals surface area contributed by atoms with E-state index in [2.05, 4.69) is 21.5 Å². The van der Waals surface area contributed by atoms with Crippen LogP contribution in [0.3, 0.4) is 0 Å². The first-order chi connectivity index (χ1) is 10.3. The topological polar surface area (TPSA) is 47.7 Å². The van der Waals surface area contributed by atoms with Gasteiger partial charge in [0.2, 0.25) is 0 Å². The normalized spacial score (nSPS) is 12.5. The van der Waals surface area contributed by atoms with Gasteiger partial charge in [-0.1, -0.05) is 18.2 Å². The second-order valence-electron chi connectivity index (χ2n) is 5.02. The summed E-state index contributed by atoms with van der Waals surface area (Å²) >= 11 is 0. The van der Waals surface area contributed by atoms with E-state index in [1.54, 1.807) is 0 Å². The smallest absolute Gasteiger partial charge is 0.110 e. The van der Waals surface area contributed by atoms with E-state index in [-0.39, 0.29) is 6.04 Å². The lowest BCUT2D eigenvalue weighted by Crippen LogP contribution is -2.21. The fourth-order valence-electron chi connectivity index (χ4n) is 2.38. The Morgan fingerprint density at radius 3 is 2.62 bits per heavy atom. The summed E-state index contributed by atoms with van der Waals surface area (Å²) in [4.78, 5) is 4.38. The lowest BCUT2D eigenvalue weighted by molar-refractivity contribution is 0.545. The van der Waals surface area contributed by atoms with E-state index < -0.39 is 0 Å². The second kappa shape index (κ2) is 5.93. The SMILES string of the molecule is CNC(Cc1nccn1C)c1ccn(-c2ccccc2)n1. The number of hydrogen-bond donors (Lipinski definition) is 1. The summed E-state index contributed by atoms with van der Waals surface area (Å²) in [7, 11) is 3.97. The molecule has 5 heteroatoms. The Morgan fingerprint density at radius 2 is 1.95 bits per heavy atom. The minimum Gasteiger partial charge on any atom is -0.338 e. The molecule has 3 aromatic rings. The van der Waals surface area contributed by atoms with E-state index in [1.165, 1.54) is 0 Å². The van der Waals surface area contributed by atoms with Crippen LogP contribution in [0.4, 0.5) is 0 Å². The van der Waals surface area contributed by atoms with Crippen molar-refractivity contribution in [2.75, 3.05) is 7.05 Å². The Hall–Kier alpha value is -2.40. The molecule has 0 aliphatic carbocycles. The first-order valence-electron chi connectivity index (χ1n) is 7.02. The molecule has 1 N–H and O–H groups in total. The Labute approximate surface area is 124 Å². The third-order valence-corrected chi connectivity index (χ3v) is 3.64. The zero-order valence-electron chi connectivity index (χ0n) is 12.3. The van der Waals surface area contributed by atoms with Crippen LogP contribution in [0.25, 0.3) is 5.69 Å². The van der Waals surface area contributed by atoms with Gasteiger partial charge in [0.05, 0.1) is 17.4 Å². The minimum atomic E-state index is 0.149. The zero-order chi connectivity index (χ0) is 14.7. The number of likely N-dealkylation sites (N-methyl/N-ethyl adjacent to an activating group) is 1. The van der Waals surface area contributed by atoms with Gasteiger partial charge in [-0.25, -0.2) is 9.67 Å². The van der Waals surface area contributed by atoms with E-state index >= 15 is 0 Å². The molecule has 1 unspecified atom stereocenters. The third kappa shape index (κ3) is 2.87. The van der Waals surface area contributed by atoms with Crippen molar-refractivity contribution in [1.29, 1.82) is 0 Å². The lowest BCUT2D eigenvalue weighted by Gasteiger charge is -2.13. The number of aromatic nitrogens is 4. The summed E-state index contributed by atoms with van der Waals surface area (Å²) in [6, 6.07) is 12.3. The van der Waals surface area contributed by atoms with Crippen molar-refractivity contribution in [3.8, 4) is 5.69 Å². The first-order valence-corrected chi connectivity index (χ1v) is 7.02. The van der Waals surface area contributed by atoms with Gasteiger partial charge in [0.15, 0.2) is 0 Å². The summed E-state index contributed by atoms with van der Waals surface area (Å²) in [6.07, 6.45) is 6.59. The van der Waals surface area contributed by atoms with Crippen molar-refractivity contribution in [2.45, 2.75) is 12.5 Å². The lowest BCUT2D eigenvalue weighted by atomic mass is 10.1. The molecule has 3 rings (SSSR count). The number of aryl methyl sites for hydroxylation is 1. The van der Waals surface area contributed by atoms with Crippen LogP contribution in [0.15, 0.2) is 55.0 Å². The van der Waals surface area contributed by atoms with Crippen LogP contribution in [-0.4, -0.2) is 26.4 Å². The molecule has 0 bridgehead atoms. The standard InChI is InChI=1S/C16H19N5/c1-17-15(12-16-18-9-11-20(16)2)14-8-10-21(19-14)13-6-4-3-5-7-13/h3-11,15,17H,12H2,1-2H3. The van der Waals surface area contributed by atoms with Crippen LogP contribution in [-0.2, 0) is 13.5 Å². The molecule has 0 saturated heterocycles. The molecule has 2 heterocycles. The van der Waals surface area contributed by atoms with Crippen LogP contribution < -0.4 is 5.32 Å². The van der Waals surface area contributed by atoms with Crippen molar-refractivity contribution in [3.63, 3.8) is 0 Å². The highest BCUT2D eigenvalue weighted by Crippen LogP contribution is 2.17. The molecular weight excluding hydrogens is 262 g/mol. The van der Waals surface area contributed by atoms with Gasteiger partial charge in [0.1, 0.15) is 5.82 Å². The van der Waals surface area contributed by atoms with Gasteiger partial charge >= 0.3 is 0 Å². The Balaban J connectivity index is 1.82. The maximum Gasteiger partial charge on any atom is 0.110 e. The highest BCUT2D eigenvalue weighted by Gasteiger charge is 2.15. The predicted molar refractivity (Wildman–Crippen MR) is 82.3 cm³/mol. The number of imidazole rings is 1. The van der Waals surface area contributed by atoms with Gasteiger partial charge in [-0.3, -0.25) is 0 Å². The average Bonchev–Trinajstić information content (AvgIpc) is 3.15. The predicted octanol–water partition coefficient (Wildman–Crippen LogP) is 2.11. The molecule has 0 spiro atoms. The number of benzene rings is 1. The first kappa shape index (κ1) is 13.6. The van der Waals surface area contributed by atoms with Crippen LogP contribution in [0.5, 0.6) is 0 Å². The summed E-state index contributed by atoms with van der Waals surface area (Å²) in [5, 5.41) is 8.00. The molecule has 0 fully saturated rings. The number of hydrogen-bond acceptors (Lipinski definition) is 3. The van der Waals surface area contributed by atoms with E-state index in [0.29, 0.717) is 0 Å². The van der Waals surface area contributed by atoms with Gasteiger partial charge in [-0.2, -0.15) is 5.10 Å². The molecule has 1 atom stereocenters. The molecule has 1 aromatic carbocycles. The minimum absolute atomic E-state index is 0.149. The highest BCUT2D eigenvalue weighted by molar-refractivity contribution is 5.30. The summed E-state index contributed by atoms with van der Waals surface area (Å²) in [5.41, 5.74) is 2.08. The van der Waals surface area contributed by atoms with Crippen molar-refractivity contribution in [1.82, 2.24) is 24.6 Å². The average molecular weight is 281 g/mol. The third-order valence-electron chi connectivity index (χ3n) is 3.64. The molecule has 2 aromatic heterocycles. The van der Waals surface area contributed by atoms with E-state index in [4.69, 9.17) is 0 Å². The van der Waals surface area contributed by atoms with Crippen molar-refractivity contribution in [2.24, 2.45) is 7.05 Å². The molecule has 0 aliphatic heterocycles. The molecule has 108 valence electrons. The molecule has 5 nitrogen and oxygen atoms in total. The molecule has 21 heavy (non-hydrogen) atoms. The molecule has 0 aliphatic rings.